The molecule has 0 spiro atoms. The van der Waals surface area contributed by atoms with Crippen molar-refractivity contribution in [3.05, 3.63) is 58.5 Å². The van der Waals surface area contributed by atoms with E-state index in [2.05, 4.69) is 10.3 Å². The van der Waals surface area contributed by atoms with Crippen molar-refractivity contribution in [1.82, 2.24) is 10.3 Å². The van der Waals surface area contributed by atoms with Crippen molar-refractivity contribution < 1.29 is 13.5 Å². The SMILES string of the molecule is COc1cccc(F)c1-c1cc2c(=O)oc(C3CCNC3)cc2cn1. The number of nitrogens with one attached hydrogen (secondary N) is 1. The fourth-order valence-electron chi connectivity index (χ4n) is 3.26. The molecule has 1 fully saturated rings. The number of hydrogen-bond acceptors (Lipinski definition) is 5. The maximum Gasteiger partial charge on any atom is 0.343 e. The zero-order valence-corrected chi connectivity index (χ0v) is 13.7. The molecule has 1 aliphatic heterocycles. The van der Waals surface area contributed by atoms with Gasteiger partial charge in [-0.3, -0.25) is 4.98 Å². The Balaban J connectivity index is 1.85. The molecule has 4 rings (SSSR count). The second-order valence-corrected chi connectivity index (χ2v) is 6.10. The highest BCUT2D eigenvalue weighted by Gasteiger charge is 2.21. The number of methoxy groups -OCH3 is 1. The van der Waals surface area contributed by atoms with Gasteiger partial charge in [-0.1, -0.05) is 6.07 Å². The molecule has 1 N–H and O–H groups in total. The first-order valence-corrected chi connectivity index (χ1v) is 8.15. The summed E-state index contributed by atoms with van der Waals surface area (Å²) in [4.78, 5) is 16.8. The summed E-state index contributed by atoms with van der Waals surface area (Å²) in [5.74, 6) is 0.776. The van der Waals surface area contributed by atoms with E-state index < -0.39 is 11.4 Å². The van der Waals surface area contributed by atoms with Crippen LogP contribution in [0.5, 0.6) is 5.75 Å². The van der Waals surface area contributed by atoms with Gasteiger partial charge in [-0.2, -0.15) is 0 Å². The van der Waals surface area contributed by atoms with E-state index in [9.17, 15) is 9.18 Å². The van der Waals surface area contributed by atoms with Crippen LogP contribution in [0.2, 0.25) is 0 Å². The quantitative estimate of drug-likeness (QED) is 0.794. The molecule has 3 aromatic rings. The van der Waals surface area contributed by atoms with Crippen LogP contribution in [0.3, 0.4) is 0 Å². The molecule has 5 nitrogen and oxygen atoms in total. The number of nitrogens with zero attached hydrogens (tertiary/aromatic N) is 1. The maximum atomic E-state index is 14.3. The number of halogens is 1. The van der Waals surface area contributed by atoms with Crippen molar-refractivity contribution in [2.75, 3.05) is 20.2 Å². The molecule has 2 aromatic heterocycles. The highest BCUT2D eigenvalue weighted by Crippen LogP contribution is 2.32. The lowest BCUT2D eigenvalue weighted by Crippen LogP contribution is -2.10. The minimum absolute atomic E-state index is 0.198. The average molecular weight is 340 g/mol. The Bertz CT molecular complexity index is 994. The summed E-state index contributed by atoms with van der Waals surface area (Å²) < 4.78 is 25.0. The van der Waals surface area contributed by atoms with Gasteiger partial charge in [0.2, 0.25) is 0 Å². The molecular weight excluding hydrogens is 323 g/mol. The molecule has 0 saturated carbocycles. The summed E-state index contributed by atoms with van der Waals surface area (Å²) in [6.45, 7) is 1.71. The molecule has 1 aliphatic rings. The second-order valence-electron chi connectivity index (χ2n) is 6.10. The van der Waals surface area contributed by atoms with Crippen LogP contribution in [0.1, 0.15) is 18.1 Å². The van der Waals surface area contributed by atoms with Crippen LogP contribution in [0, 0.1) is 5.82 Å². The standard InChI is InChI=1S/C19H17FN2O3/c1-24-16-4-2-3-14(20)18(16)15-8-13-12(10-22-15)7-17(25-19(13)23)11-5-6-21-9-11/h2-4,7-8,10-11,21H,5-6,9H2,1H3. The lowest BCUT2D eigenvalue weighted by molar-refractivity contribution is 0.413. The Morgan fingerprint density at radius 3 is 3.00 bits per heavy atom. The maximum absolute atomic E-state index is 14.3. The Morgan fingerprint density at radius 1 is 1.36 bits per heavy atom. The van der Waals surface area contributed by atoms with E-state index in [4.69, 9.17) is 9.15 Å². The fraction of sp³-hybridized carbons (Fsp3) is 0.263. The molecular formula is C19H17FN2O3. The van der Waals surface area contributed by atoms with E-state index in [0.717, 1.165) is 19.5 Å². The van der Waals surface area contributed by atoms with Crippen molar-refractivity contribution in [1.29, 1.82) is 0 Å². The van der Waals surface area contributed by atoms with Gasteiger partial charge in [0.25, 0.3) is 0 Å². The molecule has 1 unspecified atom stereocenters. The molecule has 6 heteroatoms. The Morgan fingerprint density at radius 2 is 2.24 bits per heavy atom. The summed E-state index contributed by atoms with van der Waals surface area (Å²) in [5.41, 5.74) is 0.138. The van der Waals surface area contributed by atoms with Gasteiger partial charge in [-0.15, -0.1) is 0 Å². The highest BCUT2D eigenvalue weighted by atomic mass is 19.1. The summed E-state index contributed by atoms with van der Waals surface area (Å²) in [6.07, 6.45) is 2.52. The smallest absolute Gasteiger partial charge is 0.343 e. The number of pyridine rings is 1. The van der Waals surface area contributed by atoms with Gasteiger partial charge in [0.1, 0.15) is 17.3 Å². The van der Waals surface area contributed by atoms with Crippen molar-refractivity contribution in [2.24, 2.45) is 0 Å². The number of ether oxygens (including phenoxy) is 1. The summed E-state index contributed by atoms with van der Waals surface area (Å²) in [6, 6.07) is 7.96. The number of rotatable bonds is 3. The fourth-order valence-corrected chi connectivity index (χ4v) is 3.26. The number of benzene rings is 1. The van der Waals surface area contributed by atoms with E-state index in [-0.39, 0.29) is 11.5 Å². The first-order chi connectivity index (χ1) is 12.2. The van der Waals surface area contributed by atoms with Gasteiger partial charge in [0, 0.05) is 24.0 Å². The van der Waals surface area contributed by atoms with Crippen LogP contribution in [-0.2, 0) is 0 Å². The number of hydrogen-bond donors (Lipinski definition) is 1. The van der Waals surface area contributed by atoms with Crippen LogP contribution in [0.15, 0.2) is 45.7 Å². The molecule has 0 aliphatic carbocycles. The molecule has 0 bridgehead atoms. The third kappa shape index (κ3) is 2.78. The molecule has 25 heavy (non-hydrogen) atoms. The predicted octanol–water partition coefficient (Wildman–Crippen LogP) is 3.08. The Labute approximate surface area is 143 Å². The van der Waals surface area contributed by atoms with Gasteiger partial charge in [0.05, 0.1) is 23.8 Å². The zero-order valence-electron chi connectivity index (χ0n) is 13.7. The second kappa shape index (κ2) is 6.29. The Kier molecular flexibility index (Phi) is 3.97. The third-order valence-electron chi connectivity index (χ3n) is 4.58. The van der Waals surface area contributed by atoms with E-state index in [1.165, 1.54) is 13.2 Å². The molecule has 1 aromatic carbocycles. The lowest BCUT2D eigenvalue weighted by Gasteiger charge is -2.11. The molecule has 1 saturated heterocycles. The zero-order chi connectivity index (χ0) is 17.4. The lowest BCUT2D eigenvalue weighted by atomic mass is 10.0. The van der Waals surface area contributed by atoms with Crippen molar-refractivity contribution in [3.63, 3.8) is 0 Å². The number of aromatic nitrogens is 1. The minimum Gasteiger partial charge on any atom is -0.496 e. The summed E-state index contributed by atoms with van der Waals surface area (Å²) in [5, 5.41) is 4.33. The van der Waals surface area contributed by atoms with Crippen LogP contribution in [-0.4, -0.2) is 25.2 Å². The van der Waals surface area contributed by atoms with Crippen LogP contribution < -0.4 is 15.7 Å². The highest BCUT2D eigenvalue weighted by molar-refractivity contribution is 5.85. The monoisotopic (exact) mass is 340 g/mol. The van der Waals surface area contributed by atoms with E-state index in [0.29, 0.717) is 28.0 Å². The third-order valence-corrected chi connectivity index (χ3v) is 4.58. The number of fused-ring (bicyclic) bond motifs is 1. The van der Waals surface area contributed by atoms with Crippen LogP contribution in [0.4, 0.5) is 4.39 Å². The average Bonchev–Trinajstić information content (AvgIpc) is 3.16. The van der Waals surface area contributed by atoms with E-state index >= 15 is 0 Å². The van der Waals surface area contributed by atoms with Gasteiger partial charge >= 0.3 is 5.63 Å². The van der Waals surface area contributed by atoms with Crippen molar-refractivity contribution >= 4 is 10.8 Å². The molecule has 0 amide bonds. The normalized spacial score (nSPS) is 17.1. The van der Waals surface area contributed by atoms with E-state index in [1.807, 2.05) is 6.07 Å². The topological polar surface area (TPSA) is 64.4 Å². The first kappa shape index (κ1) is 15.8. The molecule has 128 valence electrons. The molecule has 0 radical (unpaired) electrons. The van der Waals surface area contributed by atoms with Crippen molar-refractivity contribution in [2.45, 2.75) is 12.3 Å². The predicted molar refractivity (Wildman–Crippen MR) is 92.5 cm³/mol. The first-order valence-electron chi connectivity index (χ1n) is 8.15. The van der Waals surface area contributed by atoms with Crippen molar-refractivity contribution in [3.8, 4) is 17.0 Å². The van der Waals surface area contributed by atoms with Gasteiger partial charge in [-0.05, 0) is 37.2 Å². The van der Waals surface area contributed by atoms with E-state index in [1.54, 1.807) is 24.4 Å². The van der Waals surface area contributed by atoms with Gasteiger partial charge in [0.15, 0.2) is 0 Å². The Hall–Kier alpha value is -2.73. The summed E-state index contributed by atoms with van der Waals surface area (Å²) >= 11 is 0. The molecule has 1 atom stereocenters. The van der Waals surface area contributed by atoms with Gasteiger partial charge in [-0.25, -0.2) is 9.18 Å². The largest absolute Gasteiger partial charge is 0.496 e. The minimum atomic E-state index is -0.454. The van der Waals surface area contributed by atoms with Crippen LogP contribution >= 0.6 is 0 Å². The van der Waals surface area contributed by atoms with Gasteiger partial charge < -0.3 is 14.5 Å². The molecule has 3 heterocycles. The van der Waals surface area contributed by atoms with Crippen LogP contribution in [0.25, 0.3) is 22.0 Å². The summed E-state index contributed by atoms with van der Waals surface area (Å²) in [7, 11) is 1.47.